The summed E-state index contributed by atoms with van der Waals surface area (Å²) in [7, 11) is 1.58. The Hall–Kier alpha value is -2.64. The molecule has 1 aromatic heterocycles. The number of amides is 1. The fourth-order valence-electron chi connectivity index (χ4n) is 3.30. The van der Waals surface area contributed by atoms with Crippen LogP contribution in [0.5, 0.6) is 0 Å². The van der Waals surface area contributed by atoms with Crippen molar-refractivity contribution in [1.29, 1.82) is 0 Å². The highest BCUT2D eigenvalue weighted by atomic mass is 19.1. The fraction of sp³-hybridized carbons (Fsp3) is 0.381. The molecule has 0 aliphatic carbocycles. The van der Waals surface area contributed by atoms with Gasteiger partial charge < -0.3 is 9.64 Å². The number of morpholine rings is 1. The Morgan fingerprint density at radius 2 is 2.00 bits per heavy atom. The van der Waals surface area contributed by atoms with Gasteiger partial charge in [-0.05, 0) is 30.7 Å². The number of benzene rings is 1. The van der Waals surface area contributed by atoms with Gasteiger partial charge in [0, 0.05) is 31.9 Å². The smallest absolute Gasteiger partial charge is 0.237 e. The summed E-state index contributed by atoms with van der Waals surface area (Å²) in [5, 5.41) is 0. The maximum atomic E-state index is 13.7. The van der Waals surface area contributed by atoms with Crippen molar-refractivity contribution in [3.8, 4) is 0 Å². The number of ketones is 1. The first-order chi connectivity index (χ1) is 13.5. The van der Waals surface area contributed by atoms with Crippen molar-refractivity contribution in [2.45, 2.75) is 13.0 Å². The van der Waals surface area contributed by atoms with Crippen LogP contribution in [0.15, 0.2) is 42.6 Å². The lowest BCUT2D eigenvalue weighted by atomic mass is 9.96. The van der Waals surface area contributed by atoms with Gasteiger partial charge in [-0.1, -0.05) is 23.8 Å². The molecule has 1 aromatic carbocycles. The van der Waals surface area contributed by atoms with Crippen molar-refractivity contribution in [2.24, 2.45) is 0 Å². The van der Waals surface area contributed by atoms with Crippen LogP contribution in [-0.4, -0.2) is 66.4 Å². The first kappa shape index (κ1) is 20.1. The number of aromatic nitrogens is 1. The van der Waals surface area contributed by atoms with Crippen LogP contribution in [0.2, 0.25) is 0 Å². The Kier molecular flexibility index (Phi) is 6.49. The molecule has 1 amide bonds. The molecular weight excluding hydrogens is 361 g/mol. The second-order valence-electron chi connectivity index (χ2n) is 6.94. The van der Waals surface area contributed by atoms with Gasteiger partial charge in [0.05, 0.1) is 19.8 Å². The number of hydrogen-bond donors (Lipinski definition) is 0. The highest BCUT2D eigenvalue weighted by molar-refractivity contribution is 6.02. The Morgan fingerprint density at radius 1 is 1.25 bits per heavy atom. The van der Waals surface area contributed by atoms with Crippen LogP contribution in [0.1, 0.15) is 27.5 Å². The molecule has 0 spiro atoms. The number of rotatable bonds is 6. The number of carbonyl (C=O) groups excluding carboxylic acids is 2. The van der Waals surface area contributed by atoms with Gasteiger partial charge in [0.1, 0.15) is 6.04 Å². The van der Waals surface area contributed by atoms with E-state index in [4.69, 9.17) is 4.74 Å². The number of halogens is 1. The zero-order chi connectivity index (χ0) is 20.1. The standard InChI is InChI=1S/C21H24FN3O3/c1-15-4-3-5-17(12-15)21(27)20(16-6-7-23-18(22)13-16)24(2)19(26)14-25-8-10-28-11-9-25/h3-7,12-13,20H,8-11,14H2,1-2H3. The molecule has 1 saturated heterocycles. The van der Waals surface area contributed by atoms with E-state index >= 15 is 0 Å². The fourth-order valence-corrected chi connectivity index (χ4v) is 3.30. The zero-order valence-electron chi connectivity index (χ0n) is 16.1. The summed E-state index contributed by atoms with van der Waals surface area (Å²) >= 11 is 0. The zero-order valence-corrected chi connectivity index (χ0v) is 16.1. The number of ether oxygens (including phenoxy) is 1. The molecule has 6 nitrogen and oxygen atoms in total. The first-order valence-electron chi connectivity index (χ1n) is 9.24. The number of likely N-dealkylation sites (N-methyl/N-ethyl adjacent to an activating group) is 1. The van der Waals surface area contributed by atoms with Gasteiger partial charge in [-0.25, -0.2) is 4.98 Å². The van der Waals surface area contributed by atoms with Crippen LogP contribution in [0, 0.1) is 12.9 Å². The van der Waals surface area contributed by atoms with Gasteiger partial charge in [0.25, 0.3) is 0 Å². The van der Waals surface area contributed by atoms with E-state index < -0.39 is 12.0 Å². The van der Waals surface area contributed by atoms with Crippen molar-refractivity contribution in [3.05, 3.63) is 65.2 Å². The summed E-state index contributed by atoms with van der Waals surface area (Å²) in [6.45, 7) is 4.58. The molecule has 1 aliphatic heterocycles. The topological polar surface area (TPSA) is 62.7 Å². The Bertz CT molecular complexity index is 852. The molecule has 7 heteroatoms. The third-order valence-electron chi connectivity index (χ3n) is 4.86. The van der Waals surface area contributed by atoms with Crippen LogP contribution in [0.3, 0.4) is 0 Å². The van der Waals surface area contributed by atoms with Gasteiger partial charge in [-0.15, -0.1) is 0 Å². The lowest BCUT2D eigenvalue weighted by Gasteiger charge is -2.31. The summed E-state index contributed by atoms with van der Waals surface area (Å²) in [4.78, 5) is 33.1. The molecule has 3 rings (SSSR count). The number of nitrogens with zero attached hydrogens (tertiary/aromatic N) is 3. The molecule has 0 bridgehead atoms. The van der Waals surface area contributed by atoms with E-state index in [-0.39, 0.29) is 18.2 Å². The second-order valence-corrected chi connectivity index (χ2v) is 6.94. The Morgan fingerprint density at radius 3 is 2.68 bits per heavy atom. The number of pyridine rings is 1. The summed E-state index contributed by atoms with van der Waals surface area (Å²) in [6, 6.07) is 9.02. The van der Waals surface area contributed by atoms with E-state index in [0.29, 0.717) is 37.4 Å². The van der Waals surface area contributed by atoms with Crippen molar-refractivity contribution >= 4 is 11.7 Å². The maximum absolute atomic E-state index is 13.7. The lowest BCUT2D eigenvalue weighted by molar-refractivity contribution is -0.133. The largest absolute Gasteiger partial charge is 0.379 e. The molecule has 0 radical (unpaired) electrons. The van der Waals surface area contributed by atoms with Crippen LogP contribution in [0.25, 0.3) is 0 Å². The number of Topliss-reactive ketones (excluding diaryl/α,β-unsaturated/α-hetero) is 1. The van der Waals surface area contributed by atoms with Gasteiger partial charge in [-0.3, -0.25) is 14.5 Å². The van der Waals surface area contributed by atoms with Crippen molar-refractivity contribution in [3.63, 3.8) is 0 Å². The highest BCUT2D eigenvalue weighted by Gasteiger charge is 2.31. The van der Waals surface area contributed by atoms with E-state index in [2.05, 4.69) is 4.98 Å². The molecule has 0 saturated carbocycles. The predicted molar refractivity (Wildman–Crippen MR) is 102 cm³/mol. The summed E-state index contributed by atoms with van der Waals surface area (Å²) in [6.07, 6.45) is 1.31. The average Bonchev–Trinajstić information content (AvgIpc) is 2.69. The van der Waals surface area contributed by atoms with Gasteiger partial charge >= 0.3 is 0 Å². The predicted octanol–water partition coefficient (Wildman–Crippen LogP) is 2.24. The molecule has 148 valence electrons. The van der Waals surface area contributed by atoms with Crippen LogP contribution in [-0.2, 0) is 9.53 Å². The average molecular weight is 385 g/mol. The molecule has 1 fully saturated rings. The Balaban J connectivity index is 1.88. The quantitative estimate of drug-likeness (QED) is 0.564. The van der Waals surface area contributed by atoms with E-state index in [9.17, 15) is 14.0 Å². The third-order valence-corrected chi connectivity index (χ3v) is 4.86. The number of aryl methyl sites for hydroxylation is 1. The molecule has 1 aliphatic rings. The molecule has 2 heterocycles. The highest BCUT2D eigenvalue weighted by Crippen LogP contribution is 2.25. The second kappa shape index (κ2) is 9.03. The lowest BCUT2D eigenvalue weighted by Crippen LogP contribution is -2.45. The van der Waals surface area contributed by atoms with Crippen molar-refractivity contribution in [2.75, 3.05) is 39.9 Å². The number of carbonyl (C=O) groups is 2. The molecule has 1 unspecified atom stereocenters. The maximum Gasteiger partial charge on any atom is 0.237 e. The minimum Gasteiger partial charge on any atom is -0.379 e. The summed E-state index contributed by atoms with van der Waals surface area (Å²) in [5.41, 5.74) is 1.82. The molecule has 28 heavy (non-hydrogen) atoms. The molecule has 2 aromatic rings. The van der Waals surface area contributed by atoms with Gasteiger partial charge in [-0.2, -0.15) is 4.39 Å². The SMILES string of the molecule is Cc1cccc(C(=O)C(c2ccnc(F)c2)N(C)C(=O)CN2CCOCC2)c1. The van der Waals surface area contributed by atoms with Gasteiger partial charge in [0.2, 0.25) is 11.9 Å². The minimum atomic E-state index is -0.923. The van der Waals surface area contributed by atoms with Crippen molar-refractivity contribution < 1.29 is 18.7 Å². The van der Waals surface area contributed by atoms with E-state index in [0.717, 1.165) is 5.56 Å². The summed E-state index contributed by atoms with van der Waals surface area (Å²) < 4.78 is 19.1. The van der Waals surface area contributed by atoms with Crippen LogP contribution in [0.4, 0.5) is 4.39 Å². The third kappa shape index (κ3) is 4.79. The number of hydrogen-bond acceptors (Lipinski definition) is 5. The molecular formula is C21H24FN3O3. The van der Waals surface area contributed by atoms with Crippen LogP contribution < -0.4 is 0 Å². The minimum absolute atomic E-state index is 0.186. The normalized spacial score (nSPS) is 15.8. The van der Waals surface area contributed by atoms with E-state index in [1.54, 1.807) is 31.3 Å². The Labute approximate surface area is 163 Å². The first-order valence-corrected chi connectivity index (χ1v) is 9.24. The van der Waals surface area contributed by atoms with E-state index in [1.165, 1.54) is 17.2 Å². The molecule has 0 N–H and O–H groups in total. The van der Waals surface area contributed by atoms with Crippen molar-refractivity contribution in [1.82, 2.24) is 14.8 Å². The van der Waals surface area contributed by atoms with E-state index in [1.807, 2.05) is 17.9 Å². The van der Waals surface area contributed by atoms with Gasteiger partial charge in [0.15, 0.2) is 5.78 Å². The monoisotopic (exact) mass is 385 g/mol. The van der Waals surface area contributed by atoms with Crippen LogP contribution >= 0.6 is 0 Å². The molecule has 1 atom stereocenters. The summed E-state index contributed by atoms with van der Waals surface area (Å²) in [5.74, 6) is -1.15.